The number of aromatic amines is 1. The summed E-state index contributed by atoms with van der Waals surface area (Å²) in [5.41, 5.74) is 0. The van der Waals surface area contributed by atoms with E-state index in [0.717, 1.165) is 9.79 Å². The number of hydrogen-bond donors (Lipinski definition) is 3. The van der Waals surface area contributed by atoms with E-state index in [-0.39, 0.29) is 0 Å². The highest BCUT2D eigenvalue weighted by Crippen LogP contribution is 2.21. The summed E-state index contributed by atoms with van der Waals surface area (Å²) >= 11 is 2.95. The van der Waals surface area contributed by atoms with Crippen LogP contribution in [0.3, 0.4) is 0 Å². The Hall–Kier alpha value is -2.12. The first-order valence-corrected chi connectivity index (χ1v) is 7.92. The second-order valence-corrected chi connectivity index (χ2v) is 5.80. The van der Waals surface area contributed by atoms with E-state index in [1.807, 2.05) is 60.7 Å². The molecule has 3 N–H and O–H groups in total. The molecule has 0 aliphatic rings. The molecule has 0 atom stereocenters. The van der Waals surface area contributed by atoms with E-state index in [2.05, 4.69) is 24.6 Å². The third kappa shape index (κ3) is 4.17. The molecule has 0 aliphatic carbocycles. The Morgan fingerprint density at radius 3 is 1.95 bits per heavy atom. The van der Waals surface area contributed by atoms with Gasteiger partial charge < -0.3 is 0 Å². The SMILES string of the molecule is c1ccc(SNc2n[nH]c(NSc3ccccc3)n2)cc1. The van der Waals surface area contributed by atoms with E-state index >= 15 is 0 Å². The lowest BCUT2D eigenvalue weighted by Gasteiger charge is -2.00. The van der Waals surface area contributed by atoms with Crippen molar-refractivity contribution in [2.75, 3.05) is 9.44 Å². The minimum absolute atomic E-state index is 0.542. The third-order valence-electron chi connectivity index (χ3n) is 2.50. The van der Waals surface area contributed by atoms with E-state index in [4.69, 9.17) is 0 Å². The molecule has 5 nitrogen and oxygen atoms in total. The molecule has 0 spiro atoms. The molecule has 1 aromatic heterocycles. The largest absolute Gasteiger partial charge is 0.294 e. The predicted octanol–water partition coefficient (Wildman–Crippen LogP) is 4.04. The van der Waals surface area contributed by atoms with E-state index in [0.29, 0.717) is 11.9 Å². The third-order valence-corrected chi connectivity index (χ3v) is 4.09. The van der Waals surface area contributed by atoms with Gasteiger partial charge in [-0.15, -0.1) is 5.10 Å². The summed E-state index contributed by atoms with van der Waals surface area (Å²) in [4.78, 5) is 6.53. The first kappa shape index (κ1) is 13.8. The van der Waals surface area contributed by atoms with Crippen molar-refractivity contribution in [3.8, 4) is 0 Å². The maximum absolute atomic E-state index is 4.31. The van der Waals surface area contributed by atoms with Crippen LogP contribution in [0.25, 0.3) is 0 Å². The molecule has 7 heteroatoms. The lowest BCUT2D eigenvalue weighted by molar-refractivity contribution is 1.11. The highest BCUT2D eigenvalue weighted by atomic mass is 32.2. The van der Waals surface area contributed by atoms with Gasteiger partial charge in [0.25, 0.3) is 5.95 Å². The number of rotatable bonds is 6. The fraction of sp³-hybridized carbons (Fsp3) is 0. The van der Waals surface area contributed by atoms with Crippen molar-refractivity contribution in [2.24, 2.45) is 0 Å². The number of nitrogens with one attached hydrogen (secondary N) is 3. The molecule has 0 amide bonds. The van der Waals surface area contributed by atoms with Gasteiger partial charge in [-0.05, 0) is 48.2 Å². The summed E-state index contributed by atoms with van der Waals surface area (Å²) in [6, 6.07) is 20.0. The van der Waals surface area contributed by atoms with Crippen LogP contribution in [0, 0.1) is 0 Å². The second-order valence-electron chi connectivity index (χ2n) is 4.04. The van der Waals surface area contributed by atoms with Crippen LogP contribution < -0.4 is 9.44 Å². The van der Waals surface area contributed by atoms with Crippen LogP contribution in [0.15, 0.2) is 70.5 Å². The summed E-state index contributed by atoms with van der Waals surface area (Å²) in [5, 5.41) is 6.94. The van der Waals surface area contributed by atoms with E-state index < -0.39 is 0 Å². The molecule has 1 heterocycles. The molecular formula is C14H13N5S2. The van der Waals surface area contributed by atoms with Crippen molar-refractivity contribution >= 4 is 35.8 Å². The summed E-state index contributed by atoms with van der Waals surface area (Å²) in [5.74, 6) is 1.15. The Labute approximate surface area is 131 Å². The fourth-order valence-electron chi connectivity index (χ4n) is 1.54. The van der Waals surface area contributed by atoms with Crippen molar-refractivity contribution in [1.82, 2.24) is 15.2 Å². The van der Waals surface area contributed by atoms with Crippen molar-refractivity contribution in [1.29, 1.82) is 0 Å². The summed E-state index contributed by atoms with van der Waals surface area (Å²) in [6.45, 7) is 0. The maximum atomic E-state index is 4.31. The zero-order chi connectivity index (χ0) is 14.3. The normalized spacial score (nSPS) is 10.3. The molecule has 2 aromatic carbocycles. The predicted molar refractivity (Wildman–Crippen MR) is 88.2 cm³/mol. The Bertz CT molecular complexity index is 614. The van der Waals surface area contributed by atoms with Gasteiger partial charge in [0.1, 0.15) is 0 Å². The molecule has 106 valence electrons. The zero-order valence-electron chi connectivity index (χ0n) is 11.0. The highest BCUT2D eigenvalue weighted by molar-refractivity contribution is 8.00. The lowest BCUT2D eigenvalue weighted by atomic mass is 10.4. The molecule has 0 radical (unpaired) electrons. The van der Waals surface area contributed by atoms with Crippen LogP contribution >= 0.6 is 23.9 Å². The molecule has 0 saturated carbocycles. The fourth-order valence-corrected chi connectivity index (χ4v) is 2.73. The van der Waals surface area contributed by atoms with Crippen LogP contribution in [-0.4, -0.2) is 15.2 Å². The molecule has 0 saturated heterocycles. The molecule has 3 aromatic rings. The molecule has 3 rings (SSSR count). The minimum Gasteiger partial charge on any atom is -0.294 e. The highest BCUT2D eigenvalue weighted by Gasteiger charge is 2.03. The standard InChI is InChI=1S/C14H13N5S2/c1-3-7-11(8-4-1)20-18-13-15-14(17-16-13)19-21-12-9-5-2-6-10-12/h1-10H,(H3,15,16,17,18,19). The van der Waals surface area contributed by atoms with Gasteiger partial charge >= 0.3 is 0 Å². The average molecular weight is 315 g/mol. The van der Waals surface area contributed by atoms with Gasteiger partial charge in [0.15, 0.2) is 0 Å². The van der Waals surface area contributed by atoms with Gasteiger partial charge in [0, 0.05) is 9.79 Å². The van der Waals surface area contributed by atoms with Crippen molar-refractivity contribution in [2.45, 2.75) is 9.79 Å². The van der Waals surface area contributed by atoms with E-state index in [1.54, 1.807) is 0 Å². The summed E-state index contributed by atoms with van der Waals surface area (Å²) in [7, 11) is 0. The number of H-pyrrole nitrogens is 1. The number of anilines is 2. The molecule has 0 bridgehead atoms. The zero-order valence-corrected chi connectivity index (χ0v) is 12.6. The summed E-state index contributed by atoms with van der Waals surface area (Å²) < 4.78 is 6.21. The second kappa shape index (κ2) is 7.05. The minimum atomic E-state index is 0.542. The Balaban J connectivity index is 1.52. The van der Waals surface area contributed by atoms with Crippen LogP contribution in [0.1, 0.15) is 0 Å². The van der Waals surface area contributed by atoms with Crippen LogP contribution in [-0.2, 0) is 0 Å². The maximum Gasteiger partial charge on any atom is 0.253 e. The topological polar surface area (TPSA) is 65.6 Å². The number of aromatic nitrogens is 3. The van der Waals surface area contributed by atoms with Gasteiger partial charge in [-0.2, -0.15) is 4.98 Å². The van der Waals surface area contributed by atoms with Gasteiger partial charge in [0.2, 0.25) is 5.95 Å². The number of nitrogens with zero attached hydrogens (tertiary/aromatic N) is 2. The molecular weight excluding hydrogens is 302 g/mol. The first-order valence-electron chi connectivity index (χ1n) is 6.28. The molecule has 0 fully saturated rings. The lowest BCUT2D eigenvalue weighted by Crippen LogP contribution is -1.90. The molecule has 0 aliphatic heterocycles. The number of hydrogen-bond acceptors (Lipinski definition) is 6. The molecule has 0 unspecified atom stereocenters. The average Bonchev–Trinajstić information content (AvgIpc) is 3.01. The quantitative estimate of drug-likeness (QED) is 0.597. The van der Waals surface area contributed by atoms with Gasteiger partial charge in [0.05, 0.1) is 0 Å². The monoisotopic (exact) mass is 315 g/mol. The van der Waals surface area contributed by atoms with Crippen molar-refractivity contribution in [3.63, 3.8) is 0 Å². The van der Waals surface area contributed by atoms with Gasteiger partial charge in [-0.3, -0.25) is 9.44 Å². The van der Waals surface area contributed by atoms with Gasteiger partial charge in [-0.25, -0.2) is 5.10 Å². The van der Waals surface area contributed by atoms with Crippen LogP contribution in [0.2, 0.25) is 0 Å². The van der Waals surface area contributed by atoms with Gasteiger partial charge in [-0.1, -0.05) is 36.4 Å². The Morgan fingerprint density at radius 1 is 0.762 bits per heavy atom. The first-order chi connectivity index (χ1) is 10.4. The van der Waals surface area contributed by atoms with Crippen molar-refractivity contribution < 1.29 is 0 Å². The summed E-state index contributed by atoms with van der Waals surface area (Å²) in [6.07, 6.45) is 0. The molecule has 21 heavy (non-hydrogen) atoms. The number of benzene rings is 2. The van der Waals surface area contributed by atoms with Crippen molar-refractivity contribution in [3.05, 3.63) is 60.7 Å². The smallest absolute Gasteiger partial charge is 0.253 e. The van der Waals surface area contributed by atoms with Crippen LogP contribution in [0.5, 0.6) is 0 Å². The Morgan fingerprint density at radius 2 is 1.33 bits per heavy atom. The van der Waals surface area contributed by atoms with E-state index in [1.165, 1.54) is 23.9 Å². The Kier molecular flexibility index (Phi) is 4.65. The van der Waals surface area contributed by atoms with Crippen LogP contribution in [0.4, 0.5) is 11.9 Å². The van der Waals surface area contributed by atoms with E-state index in [9.17, 15) is 0 Å².